The topological polar surface area (TPSA) is 87.0 Å². The maximum absolute atomic E-state index is 13.5. The minimum Gasteiger partial charge on any atom is -0.366 e. The highest BCUT2D eigenvalue weighted by molar-refractivity contribution is 6.35. The Hall–Kier alpha value is -3.52. The second-order valence-corrected chi connectivity index (χ2v) is 8.35. The predicted molar refractivity (Wildman–Crippen MR) is 120 cm³/mol. The first kappa shape index (κ1) is 21.7. The third kappa shape index (κ3) is 4.13. The minimum absolute atomic E-state index is 0.0579. The van der Waals surface area contributed by atoms with Crippen molar-refractivity contribution in [3.8, 4) is 0 Å². The van der Waals surface area contributed by atoms with Crippen molar-refractivity contribution in [1.82, 2.24) is 14.7 Å². The molecule has 0 spiro atoms. The van der Waals surface area contributed by atoms with E-state index in [-0.39, 0.29) is 30.1 Å². The number of benzene rings is 2. The molecule has 2 aliphatic heterocycles. The van der Waals surface area contributed by atoms with Gasteiger partial charge in [0.2, 0.25) is 0 Å². The van der Waals surface area contributed by atoms with Gasteiger partial charge in [-0.05, 0) is 56.2 Å². The van der Waals surface area contributed by atoms with E-state index < -0.39 is 4.92 Å². The largest absolute Gasteiger partial charge is 0.366 e. The van der Waals surface area contributed by atoms with E-state index in [2.05, 4.69) is 11.9 Å². The van der Waals surface area contributed by atoms with Crippen molar-refractivity contribution in [3.05, 3.63) is 81.5 Å². The van der Waals surface area contributed by atoms with E-state index in [9.17, 15) is 19.7 Å². The molecule has 2 amide bonds. The Morgan fingerprint density at radius 2 is 1.62 bits per heavy atom. The summed E-state index contributed by atoms with van der Waals surface area (Å²) in [4.78, 5) is 43.0. The minimum atomic E-state index is -0.479. The van der Waals surface area contributed by atoms with Crippen LogP contribution < -0.4 is 0 Å². The summed E-state index contributed by atoms with van der Waals surface area (Å²) in [5.74, 6) is -0.698. The number of piperidine rings is 1. The van der Waals surface area contributed by atoms with Gasteiger partial charge in [-0.15, -0.1) is 0 Å². The van der Waals surface area contributed by atoms with Gasteiger partial charge in [-0.25, -0.2) is 0 Å². The first-order chi connectivity index (χ1) is 15.4. The first-order valence-corrected chi connectivity index (χ1v) is 10.7. The first-order valence-electron chi connectivity index (χ1n) is 10.7. The van der Waals surface area contributed by atoms with Crippen molar-refractivity contribution < 1.29 is 14.5 Å². The van der Waals surface area contributed by atoms with E-state index >= 15 is 0 Å². The fourth-order valence-corrected chi connectivity index (χ4v) is 4.37. The second kappa shape index (κ2) is 8.92. The molecule has 0 aliphatic carbocycles. The van der Waals surface area contributed by atoms with Crippen molar-refractivity contribution in [2.75, 3.05) is 27.2 Å². The maximum Gasteiger partial charge on any atom is 0.278 e. The smallest absolute Gasteiger partial charge is 0.278 e. The highest BCUT2D eigenvalue weighted by atomic mass is 16.6. The number of non-ortho nitro benzene ring substituents is 1. The molecule has 2 aromatic carbocycles. The van der Waals surface area contributed by atoms with E-state index in [1.165, 1.54) is 17.0 Å². The van der Waals surface area contributed by atoms with Gasteiger partial charge in [0.1, 0.15) is 5.70 Å². The molecule has 0 bridgehead atoms. The average molecular weight is 434 g/mol. The van der Waals surface area contributed by atoms with E-state index in [1.807, 2.05) is 42.3 Å². The van der Waals surface area contributed by atoms with Crippen LogP contribution in [0.15, 0.2) is 60.3 Å². The lowest BCUT2D eigenvalue weighted by Crippen LogP contribution is -2.43. The third-order valence-corrected chi connectivity index (χ3v) is 6.28. The summed E-state index contributed by atoms with van der Waals surface area (Å²) in [7, 11) is 3.94. The number of hydrogen-bond donors (Lipinski definition) is 0. The van der Waals surface area contributed by atoms with Gasteiger partial charge in [-0.1, -0.05) is 30.3 Å². The molecule has 2 aromatic rings. The van der Waals surface area contributed by atoms with Gasteiger partial charge in [0, 0.05) is 25.2 Å². The van der Waals surface area contributed by atoms with Crippen LogP contribution in [0.2, 0.25) is 0 Å². The summed E-state index contributed by atoms with van der Waals surface area (Å²) < 4.78 is 0. The number of carbonyl (C=O) groups is 2. The van der Waals surface area contributed by atoms with E-state index in [1.54, 1.807) is 12.1 Å². The molecule has 8 heteroatoms. The van der Waals surface area contributed by atoms with Gasteiger partial charge >= 0.3 is 0 Å². The Bertz CT molecular complexity index is 1060. The molecule has 0 unspecified atom stereocenters. The second-order valence-electron chi connectivity index (χ2n) is 8.35. The van der Waals surface area contributed by atoms with Crippen molar-refractivity contribution in [2.24, 2.45) is 0 Å². The third-order valence-electron chi connectivity index (χ3n) is 6.28. The van der Waals surface area contributed by atoms with Crippen molar-refractivity contribution in [3.63, 3.8) is 0 Å². The molecule has 0 saturated carbocycles. The normalized spacial score (nSPS) is 17.9. The molecule has 0 radical (unpaired) electrons. The Morgan fingerprint density at radius 1 is 1.00 bits per heavy atom. The molecule has 166 valence electrons. The van der Waals surface area contributed by atoms with E-state index in [4.69, 9.17) is 0 Å². The lowest BCUT2D eigenvalue weighted by atomic mass is 10.00. The van der Waals surface area contributed by atoms with Crippen LogP contribution in [-0.4, -0.2) is 64.7 Å². The molecule has 2 heterocycles. The van der Waals surface area contributed by atoms with Gasteiger partial charge in [-0.2, -0.15) is 0 Å². The van der Waals surface area contributed by atoms with Gasteiger partial charge in [0.15, 0.2) is 0 Å². The van der Waals surface area contributed by atoms with Crippen LogP contribution in [0.25, 0.3) is 5.57 Å². The Balaban J connectivity index is 1.72. The van der Waals surface area contributed by atoms with Gasteiger partial charge in [0.05, 0.1) is 17.0 Å². The van der Waals surface area contributed by atoms with Crippen molar-refractivity contribution in [2.45, 2.75) is 25.4 Å². The fraction of sp³-hybridized carbons (Fsp3) is 0.333. The standard InChI is InChI=1S/C24H26N4O4/c1-25-14-12-19(13-15-25)26(2)22-21(18-8-10-20(11-9-18)28(31)32)23(29)27(24(22)30)16-17-6-4-3-5-7-17/h3-11,19H,12-16H2,1-2H3. The molecule has 0 N–H and O–H groups in total. The number of nitrogens with zero attached hydrogens (tertiary/aromatic N) is 4. The number of carbonyl (C=O) groups excluding carboxylic acids is 2. The zero-order chi connectivity index (χ0) is 22.8. The summed E-state index contributed by atoms with van der Waals surface area (Å²) in [5, 5.41) is 11.1. The predicted octanol–water partition coefficient (Wildman–Crippen LogP) is 2.90. The molecule has 0 aromatic heterocycles. The van der Waals surface area contributed by atoms with E-state index in [0.717, 1.165) is 31.5 Å². The number of likely N-dealkylation sites (N-methyl/N-ethyl adjacent to an activating group) is 1. The monoisotopic (exact) mass is 434 g/mol. The van der Waals surface area contributed by atoms with Crippen LogP contribution in [0.4, 0.5) is 5.69 Å². The molecule has 32 heavy (non-hydrogen) atoms. The van der Waals surface area contributed by atoms with Crippen molar-refractivity contribution in [1.29, 1.82) is 0 Å². The van der Waals surface area contributed by atoms with Crippen LogP contribution in [0, 0.1) is 10.1 Å². The number of rotatable bonds is 6. The molecular formula is C24H26N4O4. The number of hydrogen-bond acceptors (Lipinski definition) is 6. The Kier molecular flexibility index (Phi) is 6.05. The Labute approximate surface area is 186 Å². The quantitative estimate of drug-likeness (QED) is 0.395. The number of imide groups is 1. The van der Waals surface area contributed by atoms with Crippen molar-refractivity contribution >= 4 is 23.1 Å². The molecule has 0 atom stereocenters. The number of amides is 2. The molecule has 4 rings (SSSR count). The van der Waals surface area contributed by atoms with Crippen LogP contribution >= 0.6 is 0 Å². The van der Waals surface area contributed by atoms with Crippen LogP contribution in [0.3, 0.4) is 0 Å². The molecular weight excluding hydrogens is 408 g/mol. The highest BCUT2D eigenvalue weighted by Gasteiger charge is 2.42. The summed E-state index contributed by atoms with van der Waals surface area (Å²) in [6.07, 6.45) is 1.79. The van der Waals surface area contributed by atoms with Crippen LogP contribution in [-0.2, 0) is 16.1 Å². The zero-order valence-electron chi connectivity index (χ0n) is 18.2. The zero-order valence-corrected chi connectivity index (χ0v) is 18.2. The summed E-state index contributed by atoms with van der Waals surface area (Å²) in [6.45, 7) is 2.02. The maximum atomic E-state index is 13.5. The number of nitro benzene ring substituents is 1. The van der Waals surface area contributed by atoms with Gasteiger partial charge in [-0.3, -0.25) is 24.6 Å². The van der Waals surface area contributed by atoms with E-state index in [0.29, 0.717) is 16.8 Å². The summed E-state index contributed by atoms with van der Waals surface area (Å²) >= 11 is 0. The highest BCUT2D eigenvalue weighted by Crippen LogP contribution is 2.35. The molecule has 8 nitrogen and oxygen atoms in total. The Morgan fingerprint density at radius 3 is 2.22 bits per heavy atom. The average Bonchev–Trinajstić information content (AvgIpc) is 3.04. The summed E-state index contributed by atoms with van der Waals surface area (Å²) in [6, 6.07) is 15.4. The van der Waals surface area contributed by atoms with Crippen LogP contribution in [0.1, 0.15) is 24.0 Å². The fourth-order valence-electron chi connectivity index (χ4n) is 4.37. The molecule has 1 fully saturated rings. The molecule has 1 saturated heterocycles. The summed E-state index contributed by atoms with van der Waals surface area (Å²) in [5.41, 5.74) is 1.99. The lowest BCUT2D eigenvalue weighted by Gasteiger charge is -2.36. The molecule has 2 aliphatic rings. The SMILES string of the molecule is CN1CCC(N(C)C2=C(c3ccc([N+](=O)[O-])cc3)C(=O)N(Cc3ccccc3)C2=O)CC1. The van der Waals surface area contributed by atoms with Crippen LogP contribution in [0.5, 0.6) is 0 Å². The lowest BCUT2D eigenvalue weighted by molar-refractivity contribution is -0.384. The van der Waals surface area contributed by atoms with Gasteiger partial charge < -0.3 is 9.80 Å². The van der Waals surface area contributed by atoms with Gasteiger partial charge in [0.25, 0.3) is 17.5 Å². The number of likely N-dealkylation sites (tertiary alicyclic amines) is 1. The number of nitro groups is 1.